The fraction of sp³-hybridized carbons (Fsp3) is 1.00. The first-order chi connectivity index (χ1) is 4.52. The second-order valence-electron chi connectivity index (χ2n) is 4.52. The Morgan fingerprint density at radius 3 is 2.09 bits per heavy atom. The van der Waals surface area contributed by atoms with Crippen LogP contribution < -0.4 is 5.73 Å². The topological polar surface area (TPSA) is 46.2 Å². The molecule has 1 spiro atoms. The summed E-state index contributed by atoms with van der Waals surface area (Å²) in [6.07, 6.45) is 4.24. The molecule has 0 aromatic rings. The lowest BCUT2D eigenvalue weighted by atomic mass is 9.49. The Hall–Kier alpha value is 0.210. The summed E-state index contributed by atoms with van der Waals surface area (Å²) in [5.41, 5.74) is 5.78. The van der Waals surface area contributed by atoms with E-state index >= 15 is 0 Å². The lowest BCUT2D eigenvalue weighted by Crippen LogP contribution is -2.59. The summed E-state index contributed by atoms with van der Waals surface area (Å²) < 4.78 is 0. The fourth-order valence-electron chi connectivity index (χ4n) is 2.91. The Bertz CT molecular complexity index is 153. The normalized spacial score (nSPS) is 54.3. The van der Waals surface area contributed by atoms with Crippen LogP contribution in [0, 0.1) is 5.41 Å². The number of hydrogen-bond donors (Lipinski definition) is 2. The Kier molecular flexibility index (Phi) is 1.98. The predicted octanol–water partition coefficient (Wildman–Crippen LogP) is 1.06. The highest BCUT2D eigenvalue weighted by atomic mass is 35.5. The predicted molar refractivity (Wildman–Crippen MR) is 46.7 cm³/mol. The van der Waals surface area contributed by atoms with Gasteiger partial charge in [0.2, 0.25) is 0 Å². The van der Waals surface area contributed by atoms with Crippen LogP contribution in [0.15, 0.2) is 0 Å². The molecule has 2 aliphatic carbocycles. The SMILES string of the molecule is CC1(O)CC2(CC(N)C2)C1.Cl. The van der Waals surface area contributed by atoms with Gasteiger partial charge in [-0.05, 0) is 38.0 Å². The van der Waals surface area contributed by atoms with Crippen LogP contribution in [0.5, 0.6) is 0 Å². The van der Waals surface area contributed by atoms with Crippen molar-refractivity contribution in [1.82, 2.24) is 0 Å². The van der Waals surface area contributed by atoms with Crippen molar-refractivity contribution in [3.63, 3.8) is 0 Å². The van der Waals surface area contributed by atoms with Crippen molar-refractivity contribution in [1.29, 1.82) is 0 Å². The molecule has 11 heavy (non-hydrogen) atoms. The second kappa shape index (κ2) is 2.35. The largest absolute Gasteiger partial charge is 0.390 e. The van der Waals surface area contributed by atoms with Crippen LogP contribution in [-0.4, -0.2) is 16.7 Å². The lowest BCUT2D eigenvalue weighted by Gasteiger charge is -2.59. The van der Waals surface area contributed by atoms with Crippen LogP contribution in [0.3, 0.4) is 0 Å². The Labute approximate surface area is 73.6 Å². The van der Waals surface area contributed by atoms with Gasteiger partial charge in [-0.1, -0.05) is 0 Å². The average Bonchev–Trinajstić information content (AvgIpc) is 1.55. The summed E-state index contributed by atoms with van der Waals surface area (Å²) in [5, 5.41) is 9.46. The summed E-state index contributed by atoms with van der Waals surface area (Å²) >= 11 is 0. The van der Waals surface area contributed by atoms with E-state index in [1.807, 2.05) is 6.92 Å². The summed E-state index contributed by atoms with van der Waals surface area (Å²) in [4.78, 5) is 0. The monoisotopic (exact) mass is 177 g/mol. The van der Waals surface area contributed by atoms with Gasteiger partial charge in [0, 0.05) is 6.04 Å². The van der Waals surface area contributed by atoms with E-state index in [0.717, 1.165) is 25.7 Å². The highest BCUT2D eigenvalue weighted by Crippen LogP contribution is 2.59. The standard InChI is InChI=1S/C8H15NO.ClH/c1-7(10)4-8(5-7)2-6(9)3-8;/h6,10H,2-5,9H2,1H3;1H. The number of nitrogens with two attached hydrogens (primary N) is 1. The van der Waals surface area contributed by atoms with Crippen LogP contribution in [0.4, 0.5) is 0 Å². The van der Waals surface area contributed by atoms with Crippen molar-refractivity contribution in [2.45, 2.75) is 44.2 Å². The van der Waals surface area contributed by atoms with Crippen molar-refractivity contribution in [2.75, 3.05) is 0 Å². The third-order valence-corrected chi connectivity index (χ3v) is 2.90. The molecule has 0 bridgehead atoms. The molecule has 0 amide bonds. The molecule has 2 saturated carbocycles. The molecule has 2 fully saturated rings. The van der Waals surface area contributed by atoms with Crippen LogP contribution in [0.1, 0.15) is 32.6 Å². The van der Waals surface area contributed by atoms with Gasteiger partial charge in [-0.2, -0.15) is 0 Å². The van der Waals surface area contributed by atoms with E-state index in [4.69, 9.17) is 5.73 Å². The fourth-order valence-corrected chi connectivity index (χ4v) is 2.91. The van der Waals surface area contributed by atoms with E-state index in [0.29, 0.717) is 11.5 Å². The van der Waals surface area contributed by atoms with Gasteiger partial charge in [0.1, 0.15) is 0 Å². The van der Waals surface area contributed by atoms with Gasteiger partial charge in [-0.15, -0.1) is 12.4 Å². The van der Waals surface area contributed by atoms with E-state index in [2.05, 4.69) is 0 Å². The zero-order valence-electron chi connectivity index (χ0n) is 6.84. The van der Waals surface area contributed by atoms with Crippen LogP contribution in [0.2, 0.25) is 0 Å². The van der Waals surface area contributed by atoms with Crippen molar-refractivity contribution >= 4 is 12.4 Å². The number of aliphatic hydroxyl groups is 1. The molecule has 0 heterocycles. The van der Waals surface area contributed by atoms with Crippen molar-refractivity contribution < 1.29 is 5.11 Å². The van der Waals surface area contributed by atoms with Crippen molar-refractivity contribution in [3.8, 4) is 0 Å². The van der Waals surface area contributed by atoms with Gasteiger partial charge in [0.05, 0.1) is 5.60 Å². The third kappa shape index (κ3) is 1.40. The van der Waals surface area contributed by atoms with Gasteiger partial charge in [0.15, 0.2) is 0 Å². The van der Waals surface area contributed by atoms with E-state index < -0.39 is 0 Å². The molecule has 66 valence electrons. The molecule has 0 aliphatic heterocycles. The lowest BCUT2D eigenvalue weighted by molar-refractivity contribution is -0.156. The molecule has 2 aliphatic rings. The summed E-state index contributed by atoms with van der Waals surface area (Å²) in [6, 6.07) is 0.427. The molecular formula is C8H16ClNO. The molecule has 3 N–H and O–H groups in total. The number of rotatable bonds is 0. The maximum absolute atomic E-state index is 9.46. The summed E-state index contributed by atoms with van der Waals surface area (Å²) in [5.74, 6) is 0. The number of hydrogen-bond acceptors (Lipinski definition) is 2. The molecular weight excluding hydrogens is 162 g/mol. The molecule has 2 nitrogen and oxygen atoms in total. The van der Waals surface area contributed by atoms with Crippen LogP contribution in [-0.2, 0) is 0 Å². The minimum Gasteiger partial charge on any atom is -0.390 e. The molecule has 0 atom stereocenters. The first kappa shape index (κ1) is 9.30. The minimum atomic E-state index is -0.361. The van der Waals surface area contributed by atoms with Crippen LogP contribution in [0.25, 0.3) is 0 Å². The first-order valence-corrected chi connectivity index (χ1v) is 3.99. The zero-order valence-corrected chi connectivity index (χ0v) is 7.66. The first-order valence-electron chi connectivity index (χ1n) is 3.99. The molecule has 3 heteroatoms. The quantitative estimate of drug-likeness (QED) is 0.582. The van der Waals surface area contributed by atoms with E-state index in [9.17, 15) is 5.11 Å². The van der Waals surface area contributed by atoms with Gasteiger partial charge < -0.3 is 10.8 Å². The second-order valence-corrected chi connectivity index (χ2v) is 4.52. The molecule has 0 saturated heterocycles. The van der Waals surface area contributed by atoms with Crippen LogP contribution >= 0.6 is 12.4 Å². The smallest absolute Gasteiger partial charge is 0.0630 e. The molecule has 2 rings (SSSR count). The van der Waals surface area contributed by atoms with Gasteiger partial charge >= 0.3 is 0 Å². The van der Waals surface area contributed by atoms with Crippen molar-refractivity contribution in [3.05, 3.63) is 0 Å². The molecule has 0 aromatic carbocycles. The van der Waals surface area contributed by atoms with E-state index in [1.54, 1.807) is 0 Å². The van der Waals surface area contributed by atoms with E-state index in [1.165, 1.54) is 0 Å². The Balaban J connectivity index is 0.000000605. The van der Waals surface area contributed by atoms with Gasteiger partial charge in [0.25, 0.3) is 0 Å². The summed E-state index contributed by atoms with van der Waals surface area (Å²) in [6.45, 7) is 1.92. The maximum atomic E-state index is 9.46. The molecule has 0 aromatic heterocycles. The Morgan fingerprint density at radius 1 is 1.36 bits per heavy atom. The van der Waals surface area contributed by atoms with Gasteiger partial charge in [-0.3, -0.25) is 0 Å². The zero-order chi connectivity index (χ0) is 7.41. The third-order valence-electron chi connectivity index (χ3n) is 2.90. The number of halogens is 1. The molecule has 0 unspecified atom stereocenters. The highest BCUT2D eigenvalue weighted by Gasteiger charge is 2.56. The maximum Gasteiger partial charge on any atom is 0.0630 e. The minimum absolute atomic E-state index is 0. The summed E-state index contributed by atoms with van der Waals surface area (Å²) in [7, 11) is 0. The highest BCUT2D eigenvalue weighted by molar-refractivity contribution is 5.85. The van der Waals surface area contributed by atoms with Crippen molar-refractivity contribution in [2.24, 2.45) is 11.1 Å². The molecule has 0 radical (unpaired) electrons. The van der Waals surface area contributed by atoms with E-state index in [-0.39, 0.29) is 18.0 Å². The van der Waals surface area contributed by atoms with Gasteiger partial charge in [-0.25, -0.2) is 0 Å². The Morgan fingerprint density at radius 2 is 1.82 bits per heavy atom. The average molecular weight is 178 g/mol.